The molecule has 0 radical (unpaired) electrons. The maximum atomic E-state index is 12.6. The second-order valence-electron chi connectivity index (χ2n) is 6.97. The van der Waals surface area contributed by atoms with Crippen LogP contribution >= 0.6 is 0 Å². The van der Waals surface area contributed by atoms with Crippen molar-refractivity contribution in [2.24, 2.45) is 0 Å². The van der Waals surface area contributed by atoms with Gasteiger partial charge in [0.15, 0.2) is 5.76 Å². The summed E-state index contributed by atoms with van der Waals surface area (Å²) in [4.78, 5) is 28.3. The summed E-state index contributed by atoms with van der Waals surface area (Å²) in [5, 5.41) is 2.62. The molecule has 1 aliphatic heterocycles. The minimum absolute atomic E-state index is 0.144. The van der Waals surface area contributed by atoms with Gasteiger partial charge in [0, 0.05) is 32.7 Å². The van der Waals surface area contributed by atoms with Gasteiger partial charge >= 0.3 is 6.18 Å². The topological polar surface area (TPSA) is 65.8 Å². The van der Waals surface area contributed by atoms with Crippen LogP contribution in [0.2, 0.25) is 0 Å². The molecule has 0 saturated carbocycles. The lowest BCUT2D eigenvalue weighted by molar-refractivity contribution is -0.137. The van der Waals surface area contributed by atoms with Crippen LogP contribution in [0.3, 0.4) is 0 Å². The first-order valence-corrected chi connectivity index (χ1v) is 9.25. The van der Waals surface area contributed by atoms with Crippen LogP contribution in [0.25, 0.3) is 0 Å². The van der Waals surface area contributed by atoms with E-state index in [1.165, 1.54) is 24.5 Å². The van der Waals surface area contributed by atoms with Gasteiger partial charge in [-0.15, -0.1) is 0 Å². The molecule has 29 heavy (non-hydrogen) atoms. The molecule has 6 nitrogen and oxygen atoms in total. The number of carbonyl (C=O) groups excluding carboxylic acids is 2. The number of halogens is 3. The van der Waals surface area contributed by atoms with Crippen molar-refractivity contribution in [2.75, 3.05) is 26.2 Å². The third-order valence-corrected chi connectivity index (χ3v) is 4.83. The van der Waals surface area contributed by atoms with Crippen LogP contribution in [0.5, 0.6) is 0 Å². The summed E-state index contributed by atoms with van der Waals surface area (Å²) < 4.78 is 42.9. The fourth-order valence-corrected chi connectivity index (χ4v) is 3.19. The van der Waals surface area contributed by atoms with E-state index in [1.807, 2.05) is 0 Å². The molecular formula is C20H22F3N3O3. The van der Waals surface area contributed by atoms with Gasteiger partial charge in [-0.2, -0.15) is 13.2 Å². The third-order valence-electron chi connectivity index (χ3n) is 4.83. The van der Waals surface area contributed by atoms with Crippen LogP contribution in [0, 0.1) is 0 Å². The normalized spacial score (nSPS) is 16.5. The Hall–Kier alpha value is -2.81. The summed E-state index contributed by atoms with van der Waals surface area (Å²) in [7, 11) is 0. The van der Waals surface area contributed by atoms with E-state index in [9.17, 15) is 22.8 Å². The Kier molecular flexibility index (Phi) is 6.26. The van der Waals surface area contributed by atoms with Gasteiger partial charge in [0.2, 0.25) is 5.91 Å². The second-order valence-corrected chi connectivity index (χ2v) is 6.97. The molecule has 1 N–H and O–H groups in total. The van der Waals surface area contributed by atoms with E-state index < -0.39 is 23.7 Å². The van der Waals surface area contributed by atoms with Gasteiger partial charge in [-0.25, -0.2) is 0 Å². The number of benzene rings is 1. The number of hydrogen-bond donors (Lipinski definition) is 1. The van der Waals surface area contributed by atoms with Crippen molar-refractivity contribution in [1.82, 2.24) is 15.1 Å². The zero-order valence-corrected chi connectivity index (χ0v) is 15.9. The number of carbonyl (C=O) groups is 2. The predicted octanol–water partition coefficient (Wildman–Crippen LogP) is 2.76. The van der Waals surface area contributed by atoms with Crippen molar-refractivity contribution in [3.05, 3.63) is 59.5 Å². The smallest absolute Gasteiger partial charge is 0.416 e. The fraction of sp³-hybridized carbons (Fsp3) is 0.400. The van der Waals surface area contributed by atoms with E-state index in [0.717, 1.165) is 17.7 Å². The van der Waals surface area contributed by atoms with E-state index in [2.05, 4.69) is 10.2 Å². The Morgan fingerprint density at radius 3 is 2.31 bits per heavy atom. The van der Waals surface area contributed by atoms with Gasteiger partial charge < -0.3 is 14.6 Å². The Morgan fingerprint density at radius 1 is 1.10 bits per heavy atom. The fourth-order valence-electron chi connectivity index (χ4n) is 3.19. The molecule has 9 heteroatoms. The first kappa shape index (κ1) is 20.9. The van der Waals surface area contributed by atoms with E-state index in [4.69, 9.17) is 4.42 Å². The maximum absolute atomic E-state index is 12.6. The van der Waals surface area contributed by atoms with Gasteiger partial charge in [-0.05, 0) is 36.8 Å². The van der Waals surface area contributed by atoms with Gasteiger partial charge in [0.25, 0.3) is 5.91 Å². The standard InChI is InChI=1S/C20H22F3N3O3/c1-14(24-18(27)17-3-2-12-29-17)19(28)26-10-8-25(9-11-26)13-15-4-6-16(7-5-15)20(21,22)23/h2-7,12,14H,8-11,13H2,1H3,(H,24,27). The molecule has 0 bridgehead atoms. The highest BCUT2D eigenvalue weighted by atomic mass is 19.4. The van der Waals surface area contributed by atoms with E-state index in [0.29, 0.717) is 32.7 Å². The highest BCUT2D eigenvalue weighted by Gasteiger charge is 2.30. The van der Waals surface area contributed by atoms with Crippen LogP contribution in [-0.4, -0.2) is 53.8 Å². The van der Waals surface area contributed by atoms with Gasteiger partial charge in [0.05, 0.1) is 11.8 Å². The number of furan rings is 1. The minimum atomic E-state index is -4.34. The number of amides is 2. The van der Waals surface area contributed by atoms with Crippen molar-refractivity contribution < 1.29 is 27.2 Å². The van der Waals surface area contributed by atoms with Crippen molar-refractivity contribution in [1.29, 1.82) is 0 Å². The quantitative estimate of drug-likeness (QED) is 0.825. The molecule has 1 aromatic carbocycles. The first-order valence-electron chi connectivity index (χ1n) is 9.25. The Bertz CT molecular complexity index is 827. The molecule has 3 rings (SSSR count). The lowest BCUT2D eigenvalue weighted by Crippen LogP contribution is -2.53. The van der Waals surface area contributed by atoms with Crippen molar-refractivity contribution in [2.45, 2.75) is 25.7 Å². The molecular weight excluding hydrogens is 387 g/mol. The molecule has 2 aromatic rings. The highest BCUT2D eigenvalue weighted by molar-refractivity contribution is 5.95. The number of alkyl halides is 3. The third kappa shape index (κ3) is 5.38. The number of nitrogens with zero attached hydrogens (tertiary/aromatic N) is 2. The summed E-state index contributed by atoms with van der Waals surface area (Å²) in [5.41, 5.74) is 0.124. The molecule has 1 atom stereocenters. The zero-order chi connectivity index (χ0) is 21.0. The summed E-state index contributed by atoms with van der Waals surface area (Å²) in [5.74, 6) is -0.484. The summed E-state index contributed by atoms with van der Waals surface area (Å²) in [6, 6.07) is 7.55. The van der Waals surface area contributed by atoms with E-state index >= 15 is 0 Å². The van der Waals surface area contributed by atoms with Crippen LogP contribution in [0.1, 0.15) is 28.6 Å². The Labute approximate surface area is 166 Å². The summed E-state index contributed by atoms with van der Waals surface area (Å²) in [6.07, 6.45) is -2.95. The molecule has 1 fully saturated rings. The molecule has 0 spiro atoms. The van der Waals surface area contributed by atoms with Crippen LogP contribution < -0.4 is 5.32 Å². The number of nitrogens with one attached hydrogen (secondary N) is 1. The molecule has 1 saturated heterocycles. The second kappa shape index (κ2) is 8.69. The monoisotopic (exact) mass is 409 g/mol. The average Bonchev–Trinajstić information content (AvgIpc) is 3.23. The van der Waals surface area contributed by atoms with E-state index in [1.54, 1.807) is 17.9 Å². The molecule has 0 aliphatic carbocycles. The maximum Gasteiger partial charge on any atom is 0.416 e. The van der Waals surface area contributed by atoms with Crippen molar-refractivity contribution in [3.63, 3.8) is 0 Å². The molecule has 1 unspecified atom stereocenters. The molecule has 2 amide bonds. The molecule has 1 aliphatic rings. The van der Waals surface area contributed by atoms with Crippen molar-refractivity contribution in [3.8, 4) is 0 Å². The lowest BCUT2D eigenvalue weighted by Gasteiger charge is -2.36. The average molecular weight is 409 g/mol. The van der Waals surface area contributed by atoms with Gasteiger partial charge in [0.1, 0.15) is 6.04 Å². The van der Waals surface area contributed by atoms with Crippen LogP contribution in [-0.2, 0) is 17.5 Å². The molecule has 156 valence electrons. The largest absolute Gasteiger partial charge is 0.459 e. The van der Waals surface area contributed by atoms with Gasteiger partial charge in [-0.1, -0.05) is 12.1 Å². The van der Waals surface area contributed by atoms with Crippen molar-refractivity contribution >= 4 is 11.8 Å². The van der Waals surface area contributed by atoms with E-state index in [-0.39, 0.29) is 11.7 Å². The lowest BCUT2D eigenvalue weighted by atomic mass is 10.1. The van der Waals surface area contributed by atoms with Crippen LogP contribution in [0.15, 0.2) is 47.1 Å². The molecule has 1 aromatic heterocycles. The first-order chi connectivity index (χ1) is 13.7. The minimum Gasteiger partial charge on any atom is -0.459 e. The number of piperazine rings is 1. The van der Waals surface area contributed by atoms with Crippen LogP contribution in [0.4, 0.5) is 13.2 Å². The molecule has 2 heterocycles. The summed E-state index contributed by atoms with van der Waals surface area (Å²) >= 11 is 0. The zero-order valence-electron chi connectivity index (χ0n) is 15.9. The van der Waals surface area contributed by atoms with Gasteiger partial charge in [-0.3, -0.25) is 14.5 Å². The SMILES string of the molecule is CC(NC(=O)c1ccco1)C(=O)N1CCN(Cc2ccc(C(F)(F)F)cc2)CC1. The highest BCUT2D eigenvalue weighted by Crippen LogP contribution is 2.29. The Morgan fingerprint density at radius 2 is 1.76 bits per heavy atom. The number of rotatable bonds is 5. The predicted molar refractivity (Wildman–Crippen MR) is 98.9 cm³/mol. The number of hydrogen-bond acceptors (Lipinski definition) is 4. The Balaban J connectivity index is 1.47. The summed E-state index contributed by atoms with van der Waals surface area (Å²) in [6.45, 7) is 4.32.